The first kappa shape index (κ1) is 17.2. The molecule has 0 aromatic heterocycles. The molecule has 0 aromatic rings. The molecule has 2 aliphatic rings. The van der Waals surface area contributed by atoms with Crippen LogP contribution in [0.1, 0.15) is 47.0 Å². The molecule has 0 amide bonds. The first-order chi connectivity index (χ1) is 9.82. The Bertz CT molecular complexity index is 428. The smallest absolute Gasteiger partial charge is 0.282 e. The van der Waals surface area contributed by atoms with E-state index in [4.69, 9.17) is 0 Å². The van der Waals surface area contributed by atoms with Gasteiger partial charge in [-0.1, -0.05) is 34.1 Å². The summed E-state index contributed by atoms with van der Waals surface area (Å²) in [6, 6.07) is 0.501. The lowest BCUT2D eigenvalue weighted by Gasteiger charge is -2.37. The highest BCUT2D eigenvalue weighted by Gasteiger charge is 2.40. The summed E-state index contributed by atoms with van der Waals surface area (Å²) in [4.78, 5) is 0. The van der Waals surface area contributed by atoms with Gasteiger partial charge in [-0.2, -0.15) is 17.0 Å². The molecule has 124 valence electrons. The zero-order valence-electron chi connectivity index (χ0n) is 13.9. The Morgan fingerprint density at radius 1 is 1.14 bits per heavy atom. The van der Waals surface area contributed by atoms with Gasteiger partial charge in [0.25, 0.3) is 10.2 Å². The van der Waals surface area contributed by atoms with Crippen LogP contribution in [0.4, 0.5) is 0 Å². The topological polar surface area (TPSA) is 52.7 Å². The number of hydrogen-bond donors (Lipinski definition) is 1. The predicted molar refractivity (Wildman–Crippen MR) is 86.3 cm³/mol. The molecule has 2 fully saturated rings. The third kappa shape index (κ3) is 3.97. The van der Waals surface area contributed by atoms with Crippen LogP contribution < -0.4 is 5.32 Å². The predicted octanol–water partition coefficient (Wildman–Crippen LogP) is 1.67. The molecule has 2 saturated heterocycles. The van der Waals surface area contributed by atoms with Gasteiger partial charge in [0.05, 0.1) is 0 Å². The minimum atomic E-state index is -3.30. The lowest BCUT2D eigenvalue weighted by atomic mass is 10.0. The highest BCUT2D eigenvalue weighted by Crippen LogP contribution is 2.29. The molecule has 0 radical (unpaired) electrons. The van der Waals surface area contributed by atoms with Crippen molar-refractivity contribution in [2.45, 2.75) is 59.0 Å². The quantitative estimate of drug-likeness (QED) is 0.839. The molecule has 2 rings (SSSR count). The van der Waals surface area contributed by atoms with Crippen LogP contribution in [-0.2, 0) is 10.2 Å². The van der Waals surface area contributed by atoms with E-state index < -0.39 is 10.2 Å². The zero-order chi connectivity index (χ0) is 15.6. The molecule has 0 saturated carbocycles. The van der Waals surface area contributed by atoms with Gasteiger partial charge >= 0.3 is 0 Å². The first-order valence-corrected chi connectivity index (χ1v) is 9.72. The van der Waals surface area contributed by atoms with Crippen molar-refractivity contribution in [3.63, 3.8) is 0 Å². The van der Waals surface area contributed by atoms with Gasteiger partial charge in [-0.05, 0) is 24.7 Å². The summed E-state index contributed by atoms with van der Waals surface area (Å²) < 4.78 is 29.4. The Hall–Kier alpha value is -0.170. The van der Waals surface area contributed by atoms with Crippen LogP contribution in [0.3, 0.4) is 0 Å². The zero-order valence-corrected chi connectivity index (χ0v) is 14.7. The maximum atomic E-state index is 13.0. The van der Waals surface area contributed by atoms with Gasteiger partial charge in [-0.15, -0.1) is 0 Å². The molecular weight excluding hydrogens is 286 g/mol. The Kier molecular flexibility index (Phi) is 5.68. The van der Waals surface area contributed by atoms with Gasteiger partial charge < -0.3 is 5.32 Å². The van der Waals surface area contributed by atoms with Crippen molar-refractivity contribution in [3.8, 4) is 0 Å². The van der Waals surface area contributed by atoms with Crippen LogP contribution in [0.25, 0.3) is 0 Å². The van der Waals surface area contributed by atoms with Crippen molar-refractivity contribution in [1.82, 2.24) is 13.9 Å². The molecule has 0 aliphatic carbocycles. The maximum absolute atomic E-state index is 13.0. The van der Waals surface area contributed by atoms with Gasteiger partial charge in [0.15, 0.2) is 0 Å². The second-order valence-electron chi connectivity index (χ2n) is 7.10. The number of rotatable bonds is 5. The van der Waals surface area contributed by atoms with Crippen molar-refractivity contribution in [1.29, 1.82) is 0 Å². The summed E-state index contributed by atoms with van der Waals surface area (Å²) in [5.74, 6) is 0.911. The lowest BCUT2D eigenvalue weighted by Crippen LogP contribution is -2.53. The molecule has 6 heteroatoms. The highest BCUT2D eigenvalue weighted by atomic mass is 32.2. The minimum Gasteiger partial charge on any atom is -0.313 e. The summed E-state index contributed by atoms with van der Waals surface area (Å²) in [5.41, 5.74) is 0. The highest BCUT2D eigenvalue weighted by molar-refractivity contribution is 7.86. The molecule has 3 atom stereocenters. The summed E-state index contributed by atoms with van der Waals surface area (Å²) in [6.45, 7) is 11.3. The molecule has 0 bridgehead atoms. The fourth-order valence-electron chi connectivity index (χ4n) is 3.27. The molecule has 2 heterocycles. The van der Waals surface area contributed by atoms with E-state index >= 15 is 0 Å². The minimum absolute atomic E-state index is 0.109. The van der Waals surface area contributed by atoms with Gasteiger partial charge in [-0.25, -0.2) is 0 Å². The summed E-state index contributed by atoms with van der Waals surface area (Å²) in [5, 5.41) is 3.40. The third-order valence-electron chi connectivity index (χ3n) is 4.91. The second-order valence-corrected chi connectivity index (χ2v) is 8.98. The maximum Gasteiger partial charge on any atom is 0.282 e. The summed E-state index contributed by atoms with van der Waals surface area (Å²) in [6.07, 6.45) is 3.08. The average Bonchev–Trinajstić information content (AvgIpc) is 2.77. The van der Waals surface area contributed by atoms with Gasteiger partial charge in [0, 0.05) is 38.3 Å². The van der Waals surface area contributed by atoms with E-state index in [0.717, 1.165) is 25.8 Å². The molecule has 5 nitrogen and oxygen atoms in total. The summed E-state index contributed by atoms with van der Waals surface area (Å²) >= 11 is 0. The van der Waals surface area contributed by atoms with Crippen molar-refractivity contribution < 1.29 is 8.42 Å². The number of nitrogens with zero attached hydrogens (tertiary/aromatic N) is 2. The van der Waals surface area contributed by atoms with Crippen LogP contribution in [0.2, 0.25) is 0 Å². The number of nitrogens with one attached hydrogen (secondary N) is 1. The molecule has 3 unspecified atom stereocenters. The van der Waals surface area contributed by atoms with E-state index in [0.29, 0.717) is 37.5 Å². The molecule has 2 aliphatic heterocycles. The van der Waals surface area contributed by atoms with E-state index in [1.807, 2.05) is 0 Å². The van der Waals surface area contributed by atoms with Crippen LogP contribution in [-0.4, -0.2) is 55.3 Å². The van der Waals surface area contributed by atoms with Gasteiger partial charge in [-0.3, -0.25) is 0 Å². The van der Waals surface area contributed by atoms with Crippen LogP contribution in [0, 0.1) is 11.8 Å². The fourth-order valence-corrected chi connectivity index (χ4v) is 5.33. The molecular formula is C15H31N3O2S. The Labute approximate surface area is 130 Å². The largest absolute Gasteiger partial charge is 0.313 e. The third-order valence-corrected chi connectivity index (χ3v) is 6.94. The van der Waals surface area contributed by atoms with Crippen molar-refractivity contribution in [3.05, 3.63) is 0 Å². The molecule has 0 aromatic carbocycles. The van der Waals surface area contributed by atoms with Crippen LogP contribution in [0.15, 0.2) is 0 Å². The Morgan fingerprint density at radius 3 is 2.33 bits per heavy atom. The monoisotopic (exact) mass is 317 g/mol. The van der Waals surface area contributed by atoms with E-state index in [1.54, 1.807) is 8.61 Å². The normalized spacial score (nSPS) is 32.9. The SMILES string of the molecule is CC(C)NCC1CCCCN1S(=O)(=O)N1CC(C)C(C)C1. The van der Waals surface area contributed by atoms with Crippen LogP contribution in [0.5, 0.6) is 0 Å². The Balaban J connectivity index is 2.08. The van der Waals surface area contributed by atoms with Crippen molar-refractivity contribution in [2.75, 3.05) is 26.2 Å². The van der Waals surface area contributed by atoms with E-state index in [1.165, 1.54) is 0 Å². The second kappa shape index (κ2) is 6.94. The fraction of sp³-hybridized carbons (Fsp3) is 1.00. The average molecular weight is 317 g/mol. The first-order valence-electron chi connectivity index (χ1n) is 8.32. The van der Waals surface area contributed by atoms with E-state index in [2.05, 4.69) is 33.0 Å². The lowest BCUT2D eigenvalue weighted by molar-refractivity contribution is 0.226. The molecule has 21 heavy (non-hydrogen) atoms. The van der Waals surface area contributed by atoms with E-state index in [9.17, 15) is 8.42 Å². The molecule has 1 N–H and O–H groups in total. The van der Waals surface area contributed by atoms with Crippen molar-refractivity contribution in [2.24, 2.45) is 11.8 Å². The Morgan fingerprint density at radius 2 is 1.76 bits per heavy atom. The summed E-state index contributed by atoms with van der Waals surface area (Å²) in [7, 11) is -3.30. The number of hydrogen-bond acceptors (Lipinski definition) is 3. The van der Waals surface area contributed by atoms with Crippen LogP contribution >= 0.6 is 0 Å². The van der Waals surface area contributed by atoms with Gasteiger partial charge in [0.2, 0.25) is 0 Å². The van der Waals surface area contributed by atoms with E-state index in [-0.39, 0.29) is 6.04 Å². The number of piperidine rings is 1. The van der Waals surface area contributed by atoms with Gasteiger partial charge in [0.1, 0.15) is 0 Å². The van der Waals surface area contributed by atoms with Crippen molar-refractivity contribution >= 4 is 10.2 Å². The molecule has 0 spiro atoms. The standard InChI is InChI=1S/C15H31N3O2S/c1-12(2)16-9-15-7-5-6-8-18(15)21(19,20)17-10-13(3)14(4)11-17/h12-16H,5-11H2,1-4H3.